The Hall–Kier alpha value is -2.82. The van der Waals surface area contributed by atoms with Gasteiger partial charge in [0.05, 0.1) is 17.7 Å². The van der Waals surface area contributed by atoms with E-state index in [1.807, 2.05) is 0 Å². The van der Waals surface area contributed by atoms with Crippen LogP contribution in [0.25, 0.3) is 11.1 Å². The van der Waals surface area contributed by atoms with Crippen LogP contribution in [0.3, 0.4) is 0 Å². The molecule has 0 fully saturated rings. The first-order chi connectivity index (χ1) is 10.0. The molecule has 0 saturated carbocycles. The van der Waals surface area contributed by atoms with Crippen molar-refractivity contribution in [2.75, 3.05) is 6.61 Å². The van der Waals surface area contributed by atoms with Crippen molar-refractivity contribution in [1.29, 1.82) is 0 Å². The topological polar surface area (TPSA) is 83.8 Å². The highest BCUT2D eigenvalue weighted by Gasteiger charge is 2.11. The lowest BCUT2D eigenvalue weighted by atomic mass is 10.0. The fourth-order valence-corrected chi connectivity index (χ4v) is 1.91. The number of benzene rings is 2. The van der Waals surface area contributed by atoms with E-state index in [4.69, 9.17) is 9.84 Å². The number of carboxylic acid groups (broad SMARTS) is 1. The van der Waals surface area contributed by atoms with Gasteiger partial charge in [0.2, 0.25) is 0 Å². The Balaban J connectivity index is 2.31. The molecule has 5 heteroatoms. The van der Waals surface area contributed by atoms with E-state index >= 15 is 0 Å². The van der Waals surface area contributed by atoms with E-state index < -0.39 is 11.9 Å². The molecule has 5 nitrogen and oxygen atoms in total. The third kappa shape index (κ3) is 3.20. The minimum absolute atomic E-state index is 0.0133. The van der Waals surface area contributed by atoms with Gasteiger partial charge in [-0.05, 0) is 42.8 Å². The van der Waals surface area contributed by atoms with Crippen molar-refractivity contribution < 1.29 is 24.5 Å². The smallest absolute Gasteiger partial charge is 0.338 e. The number of hydrogen-bond donors (Lipinski definition) is 2. The third-order valence-corrected chi connectivity index (χ3v) is 2.95. The van der Waals surface area contributed by atoms with Gasteiger partial charge in [-0.25, -0.2) is 9.59 Å². The summed E-state index contributed by atoms with van der Waals surface area (Å²) < 4.78 is 4.89. The molecule has 0 atom stereocenters. The van der Waals surface area contributed by atoms with Crippen molar-refractivity contribution in [3.05, 3.63) is 53.6 Å². The molecule has 108 valence electrons. The molecule has 2 rings (SSSR count). The van der Waals surface area contributed by atoms with Crippen molar-refractivity contribution in [2.45, 2.75) is 6.92 Å². The molecule has 0 aliphatic heterocycles. The lowest BCUT2D eigenvalue weighted by molar-refractivity contribution is 0.0526. The van der Waals surface area contributed by atoms with Gasteiger partial charge in [0.15, 0.2) is 0 Å². The summed E-state index contributed by atoms with van der Waals surface area (Å²) in [6, 6.07) is 10.7. The first-order valence-electron chi connectivity index (χ1n) is 6.36. The first-order valence-corrected chi connectivity index (χ1v) is 6.36. The minimum atomic E-state index is -1.10. The molecule has 0 spiro atoms. The lowest BCUT2D eigenvalue weighted by Crippen LogP contribution is -2.04. The molecule has 2 N–H and O–H groups in total. The highest BCUT2D eigenvalue weighted by atomic mass is 16.5. The summed E-state index contributed by atoms with van der Waals surface area (Å²) in [6.45, 7) is 2.03. The number of carbonyl (C=O) groups is 2. The van der Waals surface area contributed by atoms with Crippen LogP contribution in [-0.4, -0.2) is 28.8 Å². The van der Waals surface area contributed by atoms with Crippen LogP contribution in [-0.2, 0) is 4.74 Å². The maximum atomic E-state index is 11.5. The predicted octanol–water partition coefficient (Wildman–Crippen LogP) is 2.93. The number of carbonyl (C=O) groups excluding carboxylic acids is 1. The number of carboxylic acids is 1. The van der Waals surface area contributed by atoms with Crippen LogP contribution in [0.1, 0.15) is 27.6 Å². The molecule has 0 aliphatic carbocycles. The SMILES string of the molecule is CCOC(=O)c1ccc(-c2ccc(C(=O)O)cc2O)cc1. The van der Waals surface area contributed by atoms with Crippen molar-refractivity contribution >= 4 is 11.9 Å². The zero-order valence-corrected chi connectivity index (χ0v) is 11.4. The summed E-state index contributed by atoms with van der Waals surface area (Å²) >= 11 is 0. The van der Waals surface area contributed by atoms with E-state index in [0.29, 0.717) is 23.3 Å². The molecule has 0 radical (unpaired) electrons. The maximum absolute atomic E-state index is 11.5. The maximum Gasteiger partial charge on any atom is 0.338 e. The number of aromatic hydroxyl groups is 1. The molecule has 2 aromatic rings. The van der Waals surface area contributed by atoms with Crippen LogP contribution in [0, 0.1) is 0 Å². The Morgan fingerprint density at radius 1 is 1.05 bits per heavy atom. The van der Waals surface area contributed by atoms with Gasteiger partial charge in [-0.3, -0.25) is 0 Å². The number of hydrogen-bond acceptors (Lipinski definition) is 4. The molecule has 0 unspecified atom stereocenters. The molecule has 0 amide bonds. The summed E-state index contributed by atoms with van der Waals surface area (Å²) in [4.78, 5) is 22.4. The minimum Gasteiger partial charge on any atom is -0.507 e. The Morgan fingerprint density at radius 3 is 2.19 bits per heavy atom. The van der Waals surface area contributed by atoms with Crippen LogP contribution in [0.15, 0.2) is 42.5 Å². The normalized spacial score (nSPS) is 10.1. The lowest BCUT2D eigenvalue weighted by Gasteiger charge is -2.07. The van der Waals surface area contributed by atoms with E-state index in [0.717, 1.165) is 0 Å². The van der Waals surface area contributed by atoms with Gasteiger partial charge in [-0.15, -0.1) is 0 Å². The van der Waals surface area contributed by atoms with Gasteiger partial charge in [0, 0.05) is 5.56 Å². The Labute approximate surface area is 121 Å². The van der Waals surface area contributed by atoms with E-state index in [1.165, 1.54) is 18.2 Å². The first kappa shape index (κ1) is 14.6. The highest BCUT2D eigenvalue weighted by Crippen LogP contribution is 2.30. The van der Waals surface area contributed by atoms with Crippen LogP contribution in [0.4, 0.5) is 0 Å². The van der Waals surface area contributed by atoms with Crippen molar-refractivity contribution in [3.8, 4) is 16.9 Å². The fraction of sp³-hybridized carbons (Fsp3) is 0.125. The van der Waals surface area contributed by atoms with Crippen molar-refractivity contribution in [3.63, 3.8) is 0 Å². The van der Waals surface area contributed by atoms with Gasteiger partial charge in [-0.1, -0.05) is 12.1 Å². The van der Waals surface area contributed by atoms with Gasteiger partial charge in [-0.2, -0.15) is 0 Å². The molecule has 0 aromatic heterocycles. The van der Waals surface area contributed by atoms with Crippen LogP contribution < -0.4 is 0 Å². The number of ether oxygens (including phenoxy) is 1. The van der Waals surface area contributed by atoms with Crippen molar-refractivity contribution in [2.24, 2.45) is 0 Å². The molecular formula is C16H14O5. The zero-order chi connectivity index (χ0) is 15.4. The standard InChI is InChI=1S/C16H14O5/c1-2-21-16(20)11-5-3-10(4-6-11)13-8-7-12(15(18)19)9-14(13)17/h3-9,17H,2H2,1H3,(H,18,19). The summed E-state index contributed by atoms with van der Waals surface area (Å²) in [5.41, 5.74) is 1.61. The van der Waals surface area contributed by atoms with Gasteiger partial charge < -0.3 is 14.9 Å². The molecule has 0 saturated heterocycles. The van der Waals surface area contributed by atoms with E-state index in [9.17, 15) is 14.7 Å². The third-order valence-electron chi connectivity index (χ3n) is 2.95. The van der Waals surface area contributed by atoms with Crippen LogP contribution in [0.2, 0.25) is 0 Å². The average Bonchev–Trinajstić information content (AvgIpc) is 2.47. The number of esters is 1. The molecule has 0 aliphatic rings. The molecule has 2 aromatic carbocycles. The Bertz CT molecular complexity index is 674. The van der Waals surface area contributed by atoms with E-state index in [-0.39, 0.29) is 11.3 Å². The quantitative estimate of drug-likeness (QED) is 0.844. The Morgan fingerprint density at radius 2 is 1.67 bits per heavy atom. The summed E-state index contributed by atoms with van der Waals surface area (Å²) in [7, 11) is 0. The van der Waals surface area contributed by atoms with Crippen LogP contribution in [0.5, 0.6) is 5.75 Å². The number of phenols is 1. The summed E-state index contributed by atoms with van der Waals surface area (Å²) in [5.74, 6) is -1.64. The second-order valence-electron chi connectivity index (χ2n) is 4.33. The Kier molecular flexibility index (Phi) is 4.23. The van der Waals surface area contributed by atoms with Gasteiger partial charge >= 0.3 is 11.9 Å². The highest BCUT2D eigenvalue weighted by molar-refractivity contribution is 5.91. The molecular weight excluding hydrogens is 272 g/mol. The predicted molar refractivity (Wildman–Crippen MR) is 76.5 cm³/mol. The number of phenolic OH excluding ortho intramolecular Hbond substituents is 1. The zero-order valence-electron chi connectivity index (χ0n) is 11.4. The van der Waals surface area contributed by atoms with E-state index in [1.54, 1.807) is 31.2 Å². The second kappa shape index (κ2) is 6.09. The monoisotopic (exact) mass is 286 g/mol. The average molecular weight is 286 g/mol. The second-order valence-corrected chi connectivity index (χ2v) is 4.33. The largest absolute Gasteiger partial charge is 0.507 e. The van der Waals surface area contributed by atoms with Crippen LogP contribution >= 0.6 is 0 Å². The summed E-state index contributed by atoms with van der Waals surface area (Å²) in [5, 5.41) is 18.8. The molecule has 0 heterocycles. The molecule has 0 bridgehead atoms. The fourth-order valence-electron chi connectivity index (χ4n) is 1.91. The van der Waals surface area contributed by atoms with Gasteiger partial charge in [0.1, 0.15) is 5.75 Å². The summed E-state index contributed by atoms with van der Waals surface area (Å²) in [6.07, 6.45) is 0. The van der Waals surface area contributed by atoms with E-state index in [2.05, 4.69) is 0 Å². The number of rotatable bonds is 4. The molecule has 21 heavy (non-hydrogen) atoms. The number of aromatic carboxylic acids is 1. The van der Waals surface area contributed by atoms with Gasteiger partial charge in [0.25, 0.3) is 0 Å². The van der Waals surface area contributed by atoms with Crippen molar-refractivity contribution in [1.82, 2.24) is 0 Å².